The Labute approximate surface area is 100 Å². The topological polar surface area (TPSA) is 38.9 Å². The van der Waals surface area contributed by atoms with Crippen LogP contribution < -0.4 is 5.73 Å². The van der Waals surface area contributed by atoms with E-state index in [1.807, 2.05) is 5.38 Å². The summed E-state index contributed by atoms with van der Waals surface area (Å²) >= 11 is 1.65. The average molecular weight is 232 g/mol. The number of nitrogens with zero attached hydrogens (tertiary/aromatic N) is 1. The van der Waals surface area contributed by atoms with Gasteiger partial charge in [0.1, 0.15) is 5.01 Å². The molecule has 2 nitrogen and oxygen atoms in total. The molecule has 0 spiro atoms. The van der Waals surface area contributed by atoms with E-state index in [0.29, 0.717) is 12.5 Å². The van der Waals surface area contributed by atoms with Crippen LogP contribution in [0.5, 0.6) is 0 Å². The van der Waals surface area contributed by atoms with E-state index < -0.39 is 0 Å². The van der Waals surface area contributed by atoms with E-state index >= 15 is 0 Å². The van der Waals surface area contributed by atoms with Gasteiger partial charge in [-0.3, -0.25) is 0 Å². The van der Waals surface area contributed by atoms with Crippen LogP contribution >= 0.6 is 11.3 Å². The number of hydrogen-bond acceptors (Lipinski definition) is 3. The maximum absolute atomic E-state index is 5.55. The van der Waals surface area contributed by atoms with Gasteiger partial charge in [0.2, 0.25) is 0 Å². The zero-order chi connectivity index (χ0) is 11.5. The summed E-state index contributed by atoms with van der Waals surface area (Å²) in [5.74, 6) is 0.574. The lowest BCUT2D eigenvalue weighted by Gasteiger charge is -2.05. The Morgan fingerprint density at radius 2 is 1.94 bits per heavy atom. The second kappa shape index (κ2) is 4.76. The monoisotopic (exact) mass is 232 g/mol. The number of thiazole rings is 1. The highest BCUT2D eigenvalue weighted by molar-refractivity contribution is 7.13. The predicted molar refractivity (Wildman–Crippen MR) is 69.5 cm³/mol. The molecule has 84 valence electrons. The molecule has 0 aliphatic carbocycles. The molecule has 1 heterocycles. The highest BCUT2D eigenvalue weighted by atomic mass is 32.1. The summed E-state index contributed by atoms with van der Waals surface area (Å²) in [6.45, 7) is 4.91. The maximum atomic E-state index is 5.55. The van der Waals surface area contributed by atoms with E-state index in [4.69, 9.17) is 5.73 Å². The molecule has 1 aromatic carbocycles. The van der Waals surface area contributed by atoms with Gasteiger partial charge in [0, 0.05) is 17.5 Å². The van der Waals surface area contributed by atoms with Crippen LogP contribution in [0, 0.1) is 0 Å². The first-order valence-electron chi connectivity index (χ1n) is 5.45. The molecule has 0 saturated carbocycles. The van der Waals surface area contributed by atoms with Crippen molar-refractivity contribution in [2.45, 2.75) is 26.3 Å². The van der Waals surface area contributed by atoms with Crippen LogP contribution in [0.1, 0.15) is 31.0 Å². The van der Waals surface area contributed by atoms with Crippen molar-refractivity contribution in [2.75, 3.05) is 0 Å². The van der Waals surface area contributed by atoms with Gasteiger partial charge >= 0.3 is 0 Å². The van der Waals surface area contributed by atoms with Crippen molar-refractivity contribution in [1.29, 1.82) is 0 Å². The van der Waals surface area contributed by atoms with Crippen LogP contribution in [-0.2, 0) is 6.54 Å². The fourth-order valence-corrected chi connectivity index (χ4v) is 2.38. The van der Waals surface area contributed by atoms with E-state index in [1.165, 1.54) is 11.1 Å². The summed E-state index contributed by atoms with van der Waals surface area (Å²) in [7, 11) is 0. The van der Waals surface area contributed by atoms with Crippen molar-refractivity contribution in [1.82, 2.24) is 4.98 Å². The fraction of sp³-hybridized carbons (Fsp3) is 0.308. The first kappa shape index (κ1) is 11.3. The molecule has 0 fully saturated rings. The van der Waals surface area contributed by atoms with E-state index in [2.05, 4.69) is 43.1 Å². The molecule has 1 aromatic heterocycles. The standard InChI is InChI=1S/C13H16N2S/c1-9(2)10-3-5-11(6-4-10)13-15-12(7-14)8-16-13/h3-6,8-9H,7,14H2,1-2H3. The number of hydrogen-bond donors (Lipinski definition) is 1. The van der Waals surface area contributed by atoms with Gasteiger partial charge in [0.25, 0.3) is 0 Å². The van der Waals surface area contributed by atoms with Crippen LogP contribution in [0.3, 0.4) is 0 Å². The summed E-state index contributed by atoms with van der Waals surface area (Å²) in [5, 5.41) is 3.07. The first-order chi connectivity index (χ1) is 7.70. The predicted octanol–water partition coefficient (Wildman–Crippen LogP) is 3.39. The minimum Gasteiger partial charge on any atom is -0.325 e. The van der Waals surface area contributed by atoms with Crippen molar-refractivity contribution < 1.29 is 0 Å². The van der Waals surface area contributed by atoms with Crippen molar-refractivity contribution in [3.63, 3.8) is 0 Å². The lowest BCUT2D eigenvalue weighted by atomic mass is 10.0. The average Bonchev–Trinajstić information content (AvgIpc) is 2.77. The summed E-state index contributed by atoms with van der Waals surface area (Å²) in [5.41, 5.74) is 9.05. The minimum atomic E-state index is 0.514. The van der Waals surface area contributed by atoms with Gasteiger partial charge in [0.05, 0.1) is 5.69 Å². The molecule has 0 saturated heterocycles. The third-order valence-electron chi connectivity index (χ3n) is 2.59. The van der Waals surface area contributed by atoms with Gasteiger partial charge in [-0.05, 0) is 11.5 Å². The SMILES string of the molecule is CC(C)c1ccc(-c2nc(CN)cs2)cc1. The van der Waals surface area contributed by atoms with Crippen LogP contribution in [0.2, 0.25) is 0 Å². The van der Waals surface area contributed by atoms with Gasteiger partial charge in [-0.25, -0.2) is 4.98 Å². The fourth-order valence-electron chi connectivity index (χ4n) is 1.54. The Morgan fingerprint density at radius 1 is 1.25 bits per heavy atom. The molecule has 2 N–H and O–H groups in total. The van der Waals surface area contributed by atoms with E-state index in [1.54, 1.807) is 11.3 Å². The van der Waals surface area contributed by atoms with Crippen molar-refractivity contribution in [3.05, 3.63) is 40.9 Å². The molecule has 3 heteroatoms. The third-order valence-corrected chi connectivity index (χ3v) is 3.53. The molecular weight excluding hydrogens is 216 g/mol. The Morgan fingerprint density at radius 3 is 2.44 bits per heavy atom. The number of nitrogens with two attached hydrogens (primary N) is 1. The van der Waals surface area contributed by atoms with E-state index in [-0.39, 0.29) is 0 Å². The molecule has 2 aromatic rings. The molecule has 2 rings (SSSR count). The lowest BCUT2D eigenvalue weighted by Crippen LogP contribution is -1.95. The zero-order valence-electron chi connectivity index (χ0n) is 9.60. The maximum Gasteiger partial charge on any atom is 0.123 e. The summed E-state index contributed by atoms with van der Waals surface area (Å²) in [6.07, 6.45) is 0. The van der Waals surface area contributed by atoms with Gasteiger partial charge < -0.3 is 5.73 Å². The van der Waals surface area contributed by atoms with Crippen LogP contribution in [0.15, 0.2) is 29.6 Å². The summed E-state index contributed by atoms with van der Waals surface area (Å²) in [4.78, 5) is 4.47. The first-order valence-corrected chi connectivity index (χ1v) is 6.33. The smallest absolute Gasteiger partial charge is 0.123 e. The molecule has 0 atom stereocenters. The van der Waals surface area contributed by atoms with Crippen molar-refractivity contribution in [3.8, 4) is 10.6 Å². The van der Waals surface area contributed by atoms with Crippen molar-refractivity contribution in [2.24, 2.45) is 5.73 Å². The minimum absolute atomic E-state index is 0.514. The molecule has 0 radical (unpaired) electrons. The van der Waals surface area contributed by atoms with Crippen LogP contribution in [0.25, 0.3) is 10.6 Å². The Balaban J connectivity index is 2.27. The zero-order valence-corrected chi connectivity index (χ0v) is 10.4. The Bertz CT molecular complexity index is 457. The van der Waals surface area contributed by atoms with Crippen molar-refractivity contribution >= 4 is 11.3 Å². The molecule has 0 unspecified atom stereocenters. The normalized spacial score (nSPS) is 11.0. The Kier molecular flexibility index (Phi) is 3.36. The second-order valence-corrected chi connectivity index (χ2v) is 4.98. The summed E-state index contributed by atoms with van der Waals surface area (Å²) < 4.78 is 0. The quantitative estimate of drug-likeness (QED) is 0.881. The number of aromatic nitrogens is 1. The van der Waals surface area contributed by atoms with Gasteiger partial charge in [-0.1, -0.05) is 38.1 Å². The number of benzene rings is 1. The highest BCUT2D eigenvalue weighted by Gasteiger charge is 2.04. The second-order valence-electron chi connectivity index (χ2n) is 4.12. The molecule has 0 bridgehead atoms. The molecule has 16 heavy (non-hydrogen) atoms. The van der Waals surface area contributed by atoms with Crippen LogP contribution in [-0.4, -0.2) is 4.98 Å². The van der Waals surface area contributed by atoms with Gasteiger partial charge in [0.15, 0.2) is 0 Å². The molecule has 0 aliphatic heterocycles. The highest BCUT2D eigenvalue weighted by Crippen LogP contribution is 2.25. The van der Waals surface area contributed by atoms with Gasteiger partial charge in [-0.15, -0.1) is 11.3 Å². The van der Waals surface area contributed by atoms with E-state index in [9.17, 15) is 0 Å². The van der Waals surface area contributed by atoms with E-state index in [0.717, 1.165) is 10.7 Å². The van der Waals surface area contributed by atoms with Crippen LogP contribution in [0.4, 0.5) is 0 Å². The number of rotatable bonds is 3. The Hall–Kier alpha value is -1.19. The molecule has 0 amide bonds. The van der Waals surface area contributed by atoms with Gasteiger partial charge in [-0.2, -0.15) is 0 Å². The summed E-state index contributed by atoms with van der Waals surface area (Å²) in [6, 6.07) is 8.61. The molecular formula is C13H16N2S. The largest absolute Gasteiger partial charge is 0.325 e. The third kappa shape index (κ3) is 2.31. The lowest BCUT2D eigenvalue weighted by molar-refractivity contribution is 0.867. The molecule has 0 aliphatic rings.